The van der Waals surface area contributed by atoms with Gasteiger partial charge in [-0.05, 0) is 19.1 Å². The summed E-state index contributed by atoms with van der Waals surface area (Å²) in [6.07, 6.45) is 1.09. The van der Waals surface area contributed by atoms with Crippen molar-refractivity contribution in [1.82, 2.24) is 5.32 Å². The molecule has 0 bridgehead atoms. The molecule has 1 aliphatic heterocycles. The van der Waals surface area contributed by atoms with Gasteiger partial charge in [-0.3, -0.25) is 0 Å². The summed E-state index contributed by atoms with van der Waals surface area (Å²) in [5.41, 5.74) is 2.05. The summed E-state index contributed by atoms with van der Waals surface area (Å²) in [4.78, 5) is 16.2. The molecule has 0 atom stereocenters. The summed E-state index contributed by atoms with van der Waals surface area (Å²) < 4.78 is 31.7. The van der Waals surface area contributed by atoms with E-state index in [2.05, 4.69) is 10.2 Å². The van der Waals surface area contributed by atoms with Crippen molar-refractivity contribution in [2.45, 2.75) is 6.92 Å². The molecule has 2 N–H and O–H groups in total. The highest BCUT2D eigenvalue weighted by molar-refractivity contribution is 7.95. The van der Waals surface area contributed by atoms with E-state index in [1.165, 1.54) is 0 Å². The number of rotatable bonds is 4. The van der Waals surface area contributed by atoms with Gasteiger partial charge in [-0.1, -0.05) is 78.9 Å². The van der Waals surface area contributed by atoms with Gasteiger partial charge in [-0.15, -0.1) is 10.9 Å². The molecule has 6 nitrogen and oxygen atoms in total. The zero-order valence-corrected chi connectivity index (χ0v) is 18.6. The largest absolute Gasteiger partial charge is 0.674 e. The molecule has 8 heteroatoms. The van der Waals surface area contributed by atoms with E-state index in [0.29, 0.717) is 5.56 Å². The van der Waals surface area contributed by atoms with Gasteiger partial charge in [0, 0.05) is 6.26 Å². The van der Waals surface area contributed by atoms with Crippen LogP contribution >= 0.6 is 0 Å². The number of benzene rings is 3. The Bertz CT molecular complexity index is 1270. The Hall–Kier alpha value is -3.65. The van der Waals surface area contributed by atoms with Crippen LogP contribution in [0.5, 0.6) is 0 Å². The summed E-state index contributed by atoms with van der Waals surface area (Å²) >= 11 is 0. The first-order chi connectivity index (χ1) is 15.3. The Kier molecular flexibility index (Phi) is 5.71. The van der Waals surface area contributed by atoms with Gasteiger partial charge in [0.1, 0.15) is 0 Å². The number of amides is 1. The Morgan fingerprint density at radius 3 is 1.78 bits per heavy atom. The summed E-state index contributed by atoms with van der Waals surface area (Å²) in [7, 11) is -3.72. The summed E-state index contributed by atoms with van der Waals surface area (Å²) in [5.74, 6) is -0.116. The number of carbonyl (C=O) groups excluding carboxylic acids is 1. The van der Waals surface area contributed by atoms with Crippen molar-refractivity contribution >= 4 is 39.0 Å². The number of hydrogen-bond acceptors (Lipinski definition) is 4. The third-order valence-corrected chi connectivity index (χ3v) is 6.66. The van der Waals surface area contributed by atoms with Crippen LogP contribution in [0, 0.1) is 0 Å². The van der Waals surface area contributed by atoms with Gasteiger partial charge >= 0.3 is 12.4 Å². The minimum Gasteiger partial charge on any atom is -0.674 e. The van der Waals surface area contributed by atoms with Crippen molar-refractivity contribution in [2.24, 2.45) is 0 Å². The molecule has 0 saturated heterocycles. The Balaban J connectivity index is 1.93. The van der Waals surface area contributed by atoms with E-state index < -0.39 is 22.2 Å². The normalized spacial score (nSPS) is 15.5. The van der Waals surface area contributed by atoms with E-state index in [4.69, 9.17) is 4.65 Å². The van der Waals surface area contributed by atoms with Gasteiger partial charge in [0.15, 0.2) is 14.7 Å². The molecule has 3 aromatic rings. The number of carbonyl (C=O) groups is 1. The molecule has 162 valence electrons. The van der Waals surface area contributed by atoms with E-state index in [-0.39, 0.29) is 16.5 Å². The zero-order valence-electron chi connectivity index (χ0n) is 17.8. The fourth-order valence-electron chi connectivity index (χ4n) is 4.05. The molecule has 0 radical (unpaired) electrons. The van der Waals surface area contributed by atoms with Gasteiger partial charge in [0.25, 0.3) is 5.84 Å². The molecule has 0 aliphatic carbocycles. The number of allylic oxidation sites excluding steroid dienone is 1. The van der Waals surface area contributed by atoms with Crippen molar-refractivity contribution in [3.63, 3.8) is 0 Å². The smallest absolute Gasteiger partial charge is 0.416 e. The maximum absolute atomic E-state index is 13.0. The fourth-order valence-corrected chi connectivity index (χ4v) is 5.10. The predicted octanol–water partition coefficient (Wildman–Crippen LogP) is 0.458. The van der Waals surface area contributed by atoms with Gasteiger partial charge < -0.3 is 9.56 Å². The highest BCUT2D eigenvalue weighted by Crippen LogP contribution is 2.18. The second-order valence-corrected chi connectivity index (χ2v) is 9.68. The molecule has 3 aromatic carbocycles. The second-order valence-electron chi connectivity index (χ2n) is 7.72. The lowest BCUT2D eigenvalue weighted by atomic mass is 9.42. The first kappa shape index (κ1) is 21.6. The molecular formula is C24H23BN2O4S. The average molecular weight is 446 g/mol. The molecule has 32 heavy (non-hydrogen) atoms. The minimum atomic E-state index is -3.72. The molecule has 1 amide bonds. The Morgan fingerprint density at radius 2 is 1.31 bits per heavy atom. The van der Waals surface area contributed by atoms with Crippen LogP contribution in [-0.4, -0.2) is 32.9 Å². The van der Waals surface area contributed by atoms with E-state index in [0.717, 1.165) is 17.2 Å². The van der Waals surface area contributed by atoms with E-state index >= 15 is 0 Å². The maximum Gasteiger partial charge on any atom is 0.416 e. The second kappa shape index (κ2) is 8.47. The quantitative estimate of drug-likeness (QED) is 0.571. The van der Waals surface area contributed by atoms with Crippen LogP contribution in [-0.2, 0) is 14.5 Å². The predicted molar refractivity (Wildman–Crippen MR) is 126 cm³/mol. The number of nitrogens with one attached hydrogen (secondary N) is 2. The molecule has 4 rings (SSSR count). The van der Waals surface area contributed by atoms with Crippen LogP contribution in [0.4, 0.5) is 0 Å². The fraction of sp³-hybridized carbons (Fsp3) is 0.0833. The monoisotopic (exact) mass is 446 g/mol. The summed E-state index contributed by atoms with van der Waals surface area (Å²) in [5, 5.41) is 2.78. The standard InChI is InChI=1S/C24H23BN2O4S/c1-18-22(32(2,29)30)23(26-24(28)19-12-6-3-7-13-19)27-25(31-18,20-14-8-4-9-15-20)21-16-10-5-11-17-21/h3-17,27H,1-2H3,(H,26,28). The average Bonchev–Trinajstić information content (AvgIpc) is 2.79. The lowest BCUT2D eigenvalue weighted by Crippen LogP contribution is -3.03. The highest BCUT2D eigenvalue weighted by Gasteiger charge is 2.43. The first-order valence-corrected chi connectivity index (χ1v) is 12.1. The highest BCUT2D eigenvalue weighted by atomic mass is 32.2. The lowest BCUT2D eigenvalue weighted by Gasteiger charge is -2.40. The molecule has 0 aromatic heterocycles. The lowest BCUT2D eigenvalue weighted by molar-refractivity contribution is -0.325. The van der Waals surface area contributed by atoms with Crippen LogP contribution in [0.15, 0.2) is 102 Å². The zero-order chi connectivity index (χ0) is 22.8. The number of sulfone groups is 1. The topological polar surface area (TPSA) is 86.4 Å². The number of hydrogen-bond donors (Lipinski definition) is 2. The molecule has 1 aliphatic rings. The van der Waals surface area contributed by atoms with Crippen molar-refractivity contribution < 1.29 is 22.8 Å². The van der Waals surface area contributed by atoms with Gasteiger partial charge in [-0.25, -0.2) is 18.5 Å². The Morgan fingerprint density at radius 1 is 0.844 bits per heavy atom. The first-order valence-electron chi connectivity index (χ1n) is 10.2. The van der Waals surface area contributed by atoms with Gasteiger partial charge in [0.05, 0.1) is 11.3 Å². The van der Waals surface area contributed by atoms with Crippen LogP contribution in [0.2, 0.25) is 0 Å². The van der Waals surface area contributed by atoms with Gasteiger partial charge in [0.2, 0.25) is 0 Å². The summed E-state index contributed by atoms with van der Waals surface area (Å²) in [6, 6.07) is 27.6. The SMILES string of the molecule is CC1=C(S(C)(=O)=O)C(NC(=O)c2ccccc2)=[NH+][B-](c2ccccc2)(c2ccccc2)O1. The van der Waals surface area contributed by atoms with E-state index in [1.54, 1.807) is 31.2 Å². The van der Waals surface area contributed by atoms with Crippen LogP contribution < -0.4 is 21.1 Å². The number of amidine groups is 1. The third kappa shape index (κ3) is 4.09. The molecule has 0 unspecified atom stereocenters. The Labute approximate surface area is 187 Å². The van der Waals surface area contributed by atoms with Crippen molar-refractivity contribution in [3.8, 4) is 0 Å². The molecule has 1 heterocycles. The van der Waals surface area contributed by atoms with E-state index in [9.17, 15) is 13.2 Å². The van der Waals surface area contributed by atoms with Crippen molar-refractivity contribution in [3.05, 3.63) is 107 Å². The van der Waals surface area contributed by atoms with Crippen molar-refractivity contribution in [1.29, 1.82) is 0 Å². The summed E-state index contributed by atoms with van der Waals surface area (Å²) in [6.45, 7) is -0.502. The van der Waals surface area contributed by atoms with Crippen LogP contribution in [0.3, 0.4) is 0 Å². The maximum atomic E-state index is 13.0. The molecule has 0 fully saturated rings. The van der Waals surface area contributed by atoms with Crippen LogP contribution in [0.1, 0.15) is 17.3 Å². The molecule has 0 saturated carbocycles. The molecular weight excluding hydrogens is 423 g/mol. The van der Waals surface area contributed by atoms with Crippen molar-refractivity contribution in [2.75, 3.05) is 6.26 Å². The van der Waals surface area contributed by atoms with Crippen LogP contribution in [0.25, 0.3) is 0 Å². The minimum absolute atomic E-state index is 0.0776. The third-order valence-electron chi connectivity index (χ3n) is 5.43. The van der Waals surface area contributed by atoms with E-state index in [1.807, 2.05) is 66.7 Å². The molecule has 0 spiro atoms. The van der Waals surface area contributed by atoms with Gasteiger partial charge in [-0.2, -0.15) is 0 Å².